The van der Waals surface area contributed by atoms with Gasteiger partial charge in [0.25, 0.3) is 5.91 Å². The second-order valence-corrected chi connectivity index (χ2v) is 5.95. The third kappa shape index (κ3) is 4.07. The van der Waals surface area contributed by atoms with Gasteiger partial charge in [-0.2, -0.15) is 0 Å². The Morgan fingerprint density at radius 1 is 1.04 bits per heavy atom. The predicted molar refractivity (Wildman–Crippen MR) is 98.4 cm³/mol. The molecule has 5 nitrogen and oxygen atoms in total. The van der Waals surface area contributed by atoms with Crippen LogP contribution in [0, 0.1) is 0 Å². The summed E-state index contributed by atoms with van der Waals surface area (Å²) in [7, 11) is 1.53. The molecule has 0 fully saturated rings. The molecule has 0 spiro atoms. The van der Waals surface area contributed by atoms with Gasteiger partial charge in [0.1, 0.15) is 5.75 Å². The van der Waals surface area contributed by atoms with Gasteiger partial charge >= 0.3 is 0 Å². The number of nitrogens with one attached hydrogen (secondary N) is 1. The molecule has 0 aliphatic heterocycles. The molecule has 1 aromatic heterocycles. The summed E-state index contributed by atoms with van der Waals surface area (Å²) in [5.41, 5.74) is 1.71. The van der Waals surface area contributed by atoms with Crippen LogP contribution in [-0.4, -0.2) is 23.0 Å². The van der Waals surface area contributed by atoms with Crippen molar-refractivity contribution in [1.82, 2.24) is 9.97 Å². The predicted octanol–water partition coefficient (Wildman–Crippen LogP) is 4.71. The van der Waals surface area contributed by atoms with Crippen molar-refractivity contribution in [2.45, 2.75) is 0 Å². The van der Waals surface area contributed by atoms with Crippen LogP contribution in [0.5, 0.6) is 5.75 Å². The van der Waals surface area contributed by atoms with E-state index in [-0.39, 0.29) is 5.91 Å². The van der Waals surface area contributed by atoms with Gasteiger partial charge in [-0.15, -0.1) is 0 Å². The van der Waals surface area contributed by atoms with Gasteiger partial charge in [0.15, 0.2) is 5.82 Å². The molecule has 0 atom stereocenters. The molecule has 1 heterocycles. The van der Waals surface area contributed by atoms with Crippen LogP contribution in [-0.2, 0) is 0 Å². The zero-order valence-corrected chi connectivity index (χ0v) is 14.7. The number of rotatable bonds is 4. The van der Waals surface area contributed by atoms with Crippen LogP contribution in [0.3, 0.4) is 0 Å². The maximum Gasteiger partial charge on any atom is 0.258 e. The van der Waals surface area contributed by atoms with Crippen LogP contribution in [0.4, 0.5) is 5.69 Å². The first-order valence-electron chi connectivity index (χ1n) is 7.29. The molecule has 1 N–H and O–H groups in total. The fourth-order valence-corrected chi connectivity index (χ4v) is 2.52. The lowest BCUT2D eigenvalue weighted by atomic mass is 10.2. The highest BCUT2D eigenvalue weighted by Crippen LogP contribution is 2.27. The van der Waals surface area contributed by atoms with Crippen LogP contribution in [0.15, 0.2) is 54.9 Å². The first kappa shape index (κ1) is 17.2. The Balaban J connectivity index is 1.74. The topological polar surface area (TPSA) is 64.1 Å². The minimum atomic E-state index is -0.330. The number of benzene rings is 2. The Labute approximate surface area is 154 Å². The summed E-state index contributed by atoms with van der Waals surface area (Å²) in [6, 6.07) is 12.1. The van der Waals surface area contributed by atoms with Gasteiger partial charge in [0, 0.05) is 28.7 Å². The molecule has 0 saturated heterocycles. The average molecular weight is 374 g/mol. The van der Waals surface area contributed by atoms with E-state index in [0.29, 0.717) is 32.9 Å². The maximum atomic E-state index is 12.3. The van der Waals surface area contributed by atoms with Crippen molar-refractivity contribution >= 4 is 34.8 Å². The average Bonchev–Trinajstić information content (AvgIpc) is 2.63. The van der Waals surface area contributed by atoms with Crippen molar-refractivity contribution in [2.24, 2.45) is 0 Å². The van der Waals surface area contributed by atoms with Crippen molar-refractivity contribution in [3.05, 3.63) is 70.5 Å². The molecule has 3 aromatic rings. The molecule has 0 radical (unpaired) electrons. The molecule has 2 aromatic carbocycles. The summed E-state index contributed by atoms with van der Waals surface area (Å²) < 4.78 is 5.08. The number of hydrogen-bond donors (Lipinski definition) is 1. The van der Waals surface area contributed by atoms with E-state index in [0.717, 1.165) is 5.56 Å². The van der Waals surface area contributed by atoms with Crippen molar-refractivity contribution < 1.29 is 9.53 Å². The van der Waals surface area contributed by atoms with E-state index in [9.17, 15) is 4.79 Å². The van der Waals surface area contributed by atoms with E-state index in [2.05, 4.69) is 15.3 Å². The zero-order chi connectivity index (χ0) is 17.8. The van der Waals surface area contributed by atoms with Gasteiger partial charge in [-0.05, 0) is 42.5 Å². The highest BCUT2D eigenvalue weighted by atomic mass is 35.5. The fourth-order valence-electron chi connectivity index (χ4n) is 2.14. The lowest BCUT2D eigenvalue weighted by Crippen LogP contribution is -2.12. The summed E-state index contributed by atoms with van der Waals surface area (Å²) in [5, 5.41) is 3.79. The first-order chi connectivity index (χ1) is 12.1. The van der Waals surface area contributed by atoms with Crippen molar-refractivity contribution in [3.63, 3.8) is 0 Å². The third-order valence-corrected chi connectivity index (χ3v) is 3.97. The minimum absolute atomic E-state index is 0.330. The number of ether oxygens (including phenoxy) is 1. The molecule has 0 aliphatic carbocycles. The number of aromatic nitrogens is 2. The van der Waals surface area contributed by atoms with E-state index >= 15 is 0 Å². The summed E-state index contributed by atoms with van der Waals surface area (Å²) in [6.45, 7) is 0. The number of nitrogens with zero attached hydrogens (tertiary/aromatic N) is 2. The zero-order valence-electron chi connectivity index (χ0n) is 13.2. The summed E-state index contributed by atoms with van der Waals surface area (Å²) >= 11 is 11.9. The maximum absolute atomic E-state index is 12.3. The lowest BCUT2D eigenvalue weighted by Gasteiger charge is -2.08. The molecular weight excluding hydrogens is 361 g/mol. The SMILES string of the molecule is COc1ccc(NC(=O)c2cnc(-c3ccc(Cl)cc3)nc2)cc1Cl. The van der Waals surface area contributed by atoms with Gasteiger partial charge in [-0.1, -0.05) is 23.2 Å². The normalized spacial score (nSPS) is 10.4. The van der Waals surface area contributed by atoms with Gasteiger partial charge in [0.2, 0.25) is 0 Å². The highest BCUT2D eigenvalue weighted by Gasteiger charge is 2.10. The second-order valence-electron chi connectivity index (χ2n) is 5.11. The number of amides is 1. The number of halogens is 2. The van der Waals surface area contributed by atoms with E-state index in [1.165, 1.54) is 19.5 Å². The number of methoxy groups -OCH3 is 1. The van der Waals surface area contributed by atoms with Crippen LogP contribution < -0.4 is 10.1 Å². The third-order valence-electron chi connectivity index (χ3n) is 3.43. The Hall–Kier alpha value is -2.63. The lowest BCUT2D eigenvalue weighted by molar-refractivity contribution is 0.102. The summed E-state index contributed by atoms with van der Waals surface area (Å²) in [4.78, 5) is 20.7. The van der Waals surface area contributed by atoms with Crippen LogP contribution >= 0.6 is 23.2 Å². The molecule has 0 aliphatic rings. The van der Waals surface area contributed by atoms with E-state index < -0.39 is 0 Å². The molecule has 126 valence electrons. The molecular formula is C18H13Cl2N3O2. The fraction of sp³-hybridized carbons (Fsp3) is 0.0556. The molecule has 25 heavy (non-hydrogen) atoms. The summed E-state index contributed by atoms with van der Waals surface area (Å²) in [6.07, 6.45) is 2.94. The van der Waals surface area contributed by atoms with Crippen LogP contribution in [0.1, 0.15) is 10.4 Å². The first-order valence-corrected chi connectivity index (χ1v) is 8.05. The van der Waals surface area contributed by atoms with Gasteiger partial charge in [-0.3, -0.25) is 4.79 Å². The molecule has 0 unspecified atom stereocenters. The standard InChI is InChI=1S/C18H13Cl2N3O2/c1-25-16-7-6-14(8-15(16)20)23-18(24)12-9-21-17(22-10-12)11-2-4-13(19)5-3-11/h2-10H,1H3,(H,23,24). The van der Waals surface area contributed by atoms with Crippen LogP contribution in [0.2, 0.25) is 10.0 Å². The molecule has 7 heteroatoms. The van der Waals surface area contributed by atoms with Gasteiger partial charge in [0.05, 0.1) is 17.7 Å². The number of hydrogen-bond acceptors (Lipinski definition) is 4. The largest absolute Gasteiger partial charge is 0.495 e. The molecule has 1 amide bonds. The quantitative estimate of drug-likeness (QED) is 0.718. The van der Waals surface area contributed by atoms with E-state index in [4.69, 9.17) is 27.9 Å². The number of carbonyl (C=O) groups excluding carboxylic acids is 1. The molecule has 0 bridgehead atoms. The Kier molecular flexibility index (Phi) is 5.16. The van der Waals surface area contributed by atoms with Crippen molar-refractivity contribution in [1.29, 1.82) is 0 Å². The Morgan fingerprint density at radius 3 is 2.32 bits per heavy atom. The second kappa shape index (κ2) is 7.51. The van der Waals surface area contributed by atoms with E-state index in [1.807, 2.05) is 12.1 Å². The summed E-state index contributed by atoms with van der Waals surface area (Å²) in [5.74, 6) is 0.722. The Morgan fingerprint density at radius 2 is 1.72 bits per heavy atom. The van der Waals surface area contributed by atoms with Crippen molar-refractivity contribution in [3.8, 4) is 17.1 Å². The highest BCUT2D eigenvalue weighted by molar-refractivity contribution is 6.32. The number of anilines is 1. The monoisotopic (exact) mass is 373 g/mol. The van der Waals surface area contributed by atoms with Crippen molar-refractivity contribution in [2.75, 3.05) is 12.4 Å². The molecule has 3 rings (SSSR count). The smallest absolute Gasteiger partial charge is 0.258 e. The Bertz CT molecular complexity index is 897. The van der Waals surface area contributed by atoms with Gasteiger partial charge < -0.3 is 10.1 Å². The molecule has 0 saturated carbocycles. The number of carbonyl (C=O) groups is 1. The minimum Gasteiger partial charge on any atom is -0.495 e. The van der Waals surface area contributed by atoms with Gasteiger partial charge in [-0.25, -0.2) is 9.97 Å². The van der Waals surface area contributed by atoms with E-state index in [1.54, 1.807) is 30.3 Å². The van der Waals surface area contributed by atoms with Crippen LogP contribution in [0.25, 0.3) is 11.4 Å².